The Kier molecular flexibility index (Phi) is 3.15. The van der Waals surface area contributed by atoms with Gasteiger partial charge in [0, 0.05) is 32.2 Å². The lowest BCUT2D eigenvalue weighted by atomic mass is 10.2. The fourth-order valence-corrected chi connectivity index (χ4v) is 2.69. The highest BCUT2D eigenvalue weighted by Gasteiger charge is 2.35. The third-order valence-electron chi connectivity index (χ3n) is 2.53. The van der Waals surface area contributed by atoms with Crippen molar-refractivity contribution in [3.8, 4) is 0 Å². The molecule has 94 valence electrons. The van der Waals surface area contributed by atoms with E-state index in [-0.39, 0.29) is 12.1 Å². The van der Waals surface area contributed by atoms with Crippen molar-refractivity contribution < 1.29 is 17.2 Å². The van der Waals surface area contributed by atoms with E-state index in [0.717, 1.165) is 22.5 Å². The molecule has 1 aromatic rings. The standard InChI is InChI=1S/C10H12F2N2O2S/c1-13(17(15,16)14-4-5-14)7-8-6-9(11)2-3-10(8)12/h2-3,6H,4-5,7H2,1H3. The Morgan fingerprint density at radius 1 is 1.35 bits per heavy atom. The second-order valence-corrected chi connectivity index (χ2v) is 5.93. The van der Waals surface area contributed by atoms with Crippen LogP contribution in [-0.2, 0) is 16.8 Å². The van der Waals surface area contributed by atoms with Crippen LogP contribution in [0.1, 0.15) is 5.56 Å². The fraction of sp³-hybridized carbons (Fsp3) is 0.400. The average Bonchev–Trinajstić information content (AvgIpc) is 3.07. The molecule has 17 heavy (non-hydrogen) atoms. The second-order valence-electron chi connectivity index (χ2n) is 3.90. The van der Waals surface area contributed by atoms with E-state index < -0.39 is 21.8 Å². The molecule has 0 radical (unpaired) electrons. The molecule has 1 saturated heterocycles. The highest BCUT2D eigenvalue weighted by atomic mass is 32.2. The van der Waals surface area contributed by atoms with E-state index in [1.54, 1.807) is 0 Å². The van der Waals surface area contributed by atoms with Crippen molar-refractivity contribution in [3.05, 3.63) is 35.4 Å². The van der Waals surface area contributed by atoms with E-state index in [0.29, 0.717) is 13.1 Å². The highest BCUT2D eigenvalue weighted by Crippen LogP contribution is 2.19. The van der Waals surface area contributed by atoms with Crippen LogP contribution in [0.15, 0.2) is 18.2 Å². The monoisotopic (exact) mass is 262 g/mol. The van der Waals surface area contributed by atoms with Gasteiger partial charge in [-0.05, 0) is 18.2 Å². The molecule has 0 bridgehead atoms. The normalized spacial score (nSPS) is 16.5. The van der Waals surface area contributed by atoms with Gasteiger partial charge in [-0.25, -0.2) is 8.78 Å². The number of nitrogens with zero attached hydrogens (tertiary/aromatic N) is 2. The van der Waals surface area contributed by atoms with Gasteiger partial charge in [0.05, 0.1) is 0 Å². The maximum atomic E-state index is 13.3. The van der Waals surface area contributed by atoms with Crippen molar-refractivity contribution in [2.75, 3.05) is 20.1 Å². The first-order chi connectivity index (χ1) is 7.91. The Bertz CT molecular complexity index is 529. The third kappa shape index (κ3) is 2.62. The van der Waals surface area contributed by atoms with Crippen LogP contribution in [-0.4, -0.2) is 37.2 Å². The minimum atomic E-state index is -3.52. The first kappa shape index (κ1) is 12.4. The maximum absolute atomic E-state index is 13.3. The SMILES string of the molecule is CN(Cc1cc(F)ccc1F)S(=O)(=O)N1CC1. The van der Waals surface area contributed by atoms with E-state index in [1.165, 1.54) is 11.4 Å². The van der Waals surface area contributed by atoms with Gasteiger partial charge < -0.3 is 0 Å². The molecular formula is C10H12F2N2O2S. The lowest BCUT2D eigenvalue weighted by Gasteiger charge is -2.17. The molecule has 0 atom stereocenters. The number of halogens is 2. The molecule has 0 spiro atoms. The van der Waals surface area contributed by atoms with Crippen LogP contribution in [0.3, 0.4) is 0 Å². The van der Waals surface area contributed by atoms with Crippen LogP contribution in [0.2, 0.25) is 0 Å². The zero-order valence-corrected chi connectivity index (χ0v) is 10.0. The summed E-state index contributed by atoms with van der Waals surface area (Å²) in [6, 6.07) is 2.99. The Morgan fingerprint density at radius 2 is 2.00 bits per heavy atom. The van der Waals surface area contributed by atoms with E-state index in [2.05, 4.69) is 0 Å². The summed E-state index contributed by atoms with van der Waals surface area (Å²) in [5.74, 6) is -1.20. The number of hydrogen-bond donors (Lipinski definition) is 0. The molecule has 0 unspecified atom stereocenters. The van der Waals surface area contributed by atoms with E-state index in [1.807, 2.05) is 0 Å². The molecule has 1 aliphatic heterocycles. The summed E-state index contributed by atoms with van der Waals surface area (Å²) < 4.78 is 52.0. The molecule has 0 aromatic heterocycles. The molecule has 0 N–H and O–H groups in total. The first-order valence-corrected chi connectivity index (χ1v) is 6.46. The van der Waals surface area contributed by atoms with Crippen LogP contribution in [0, 0.1) is 11.6 Å². The predicted octanol–water partition coefficient (Wildman–Crippen LogP) is 0.957. The molecule has 0 amide bonds. The molecular weight excluding hydrogens is 250 g/mol. The molecule has 1 heterocycles. The minimum Gasteiger partial charge on any atom is -0.207 e. The summed E-state index contributed by atoms with van der Waals surface area (Å²) in [7, 11) is -2.17. The van der Waals surface area contributed by atoms with Crippen LogP contribution >= 0.6 is 0 Å². The third-order valence-corrected chi connectivity index (χ3v) is 4.46. The average molecular weight is 262 g/mol. The number of benzene rings is 1. The van der Waals surface area contributed by atoms with Crippen molar-refractivity contribution in [1.82, 2.24) is 8.61 Å². The second kappa shape index (κ2) is 4.32. The topological polar surface area (TPSA) is 40.4 Å². The maximum Gasteiger partial charge on any atom is 0.282 e. The van der Waals surface area contributed by atoms with Gasteiger partial charge in [0.1, 0.15) is 11.6 Å². The van der Waals surface area contributed by atoms with Gasteiger partial charge in [-0.2, -0.15) is 17.0 Å². The molecule has 7 heteroatoms. The summed E-state index contributed by atoms with van der Waals surface area (Å²) in [6.45, 7) is 0.791. The Labute approximate surface area is 98.6 Å². The highest BCUT2D eigenvalue weighted by molar-refractivity contribution is 7.86. The Morgan fingerprint density at radius 3 is 2.59 bits per heavy atom. The minimum absolute atomic E-state index is 0.0259. The first-order valence-electron chi connectivity index (χ1n) is 5.06. The van der Waals surface area contributed by atoms with E-state index in [4.69, 9.17) is 0 Å². The summed E-state index contributed by atoms with van der Waals surface area (Å²) in [5, 5.41) is 0. The fourth-order valence-electron chi connectivity index (χ4n) is 1.45. The van der Waals surface area contributed by atoms with Crippen molar-refractivity contribution in [3.63, 3.8) is 0 Å². The van der Waals surface area contributed by atoms with Gasteiger partial charge >= 0.3 is 0 Å². The van der Waals surface area contributed by atoms with Crippen molar-refractivity contribution in [2.24, 2.45) is 0 Å². The van der Waals surface area contributed by atoms with Crippen LogP contribution in [0.4, 0.5) is 8.78 Å². The van der Waals surface area contributed by atoms with Gasteiger partial charge in [-0.3, -0.25) is 0 Å². The molecule has 1 aliphatic rings. The largest absolute Gasteiger partial charge is 0.282 e. The van der Waals surface area contributed by atoms with Crippen LogP contribution in [0.25, 0.3) is 0 Å². The van der Waals surface area contributed by atoms with Crippen molar-refractivity contribution in [1.29, 1.82) is 0 Å². The Balaban J connectivity index is 2.18. The lowest BCUT2D eigenvalue weighted by Crippen LogP contribution is -2.32. The number of rotatable bonds is 4. The summed E-state index contributed by atoms with van der Waals surface area (Å²) >= 11 is 0. The van der Waals surface area contributed by atoms with Gasteiger partial charge in [0.15, 0.2) is 0 Å². The predicted molar refractivity (Wildman–Crippen MR) is 58.3 cm³/mol. The quantitative estimate of drug-likeness (QED) is 0.758. The molecule has 4 nitrogen and oxygen atoms in total. The smallest absolute Gasteiger partial charge is 0.207 e. The van der Waals surface area contributed by atoms with Gasteiger partial charge in [-0.15, -0.1) is 0 Å². The van der Waals surface area contributed by atoms with Crippen molar-refractivity contribution >= 4 is 10.2 Å². The molecule has 1 aromatic carbocycles. The molecule has 0 saturated carbocycles. The van der Waals surface area contributed by atoms with Gasteiger partial charge in [0.25, 0.3) is 10.2 Å². The van der Waals surface area contributed by atoms with E-state index in [9.17, 15) is 17.2 Å². The number of hydrogen-bond acceptors (Lipinski definition) is 2. The molecule has 1 fully saturated rings. The Hall–Kier alpha value is -1.05. The van der Waals surface area contributed by atoms with Crippen LogP contribution < -0.4 is 0 Å². The summed E-state index contributed by atoms with van der Waals surface area (Å²) in [6.07, 6.45) is 0. The summed E-state index contributed by atoms with van der Waals surface area (Å²) in [4.78, 5) is 0. The lowest BCUT2D eigenvalue weighted by molar-refractivity contribution is 0.430. The molecule has 0 aliphatic carbocycles. The molecule has 2 rings (SSSR count). The zero-order chi connectivity index (χ0) is 12.6. The summed E-state index contributed by atoms with van der Waals surface area (Å²) in [5.41, 5.74) is 0.0259. The van der Waals surface area contributed by atoms with Gasteiger partial charge in [-0.1, -0.05) is 0 Å². The van der Waals surface area contributed by atoms with E-state index >= 15 is 0 Å². The zero-order valence-electron chi connectivity index (χ0n) is 9.23. The van der Waals surface area contributed by atoms with Gasteiger partial charge in [0.2, 0.25) is 0 Å². The van der Waals surface area contributed by atoms with Crippen LogP contribution in [0.5, 0.6) is 0 Å². The van der Waals surface area contributed by atoms with Crippen molar-refractivity contribution in [2.45, 2.75) is 6.54 Å².